The number of hydrazine groups is 2. The van der Waals surface area contributed by atoms with Crippen molar-refractivity contribution in [2.45, 2.75) is 181 Å². The zero-order valence-corrected chi connectivity index (χ0v) is 32.1. The van der Waals surface area contributed by atoms with Gasteiger partial charge in [-0.15, -0.1) is 0 Å². The zero-order valence-electron chi connectivity index (χ0n) is 32.1. The third-order valence-corrected chi connectivity index (χ3v) is 9.17. The Hall–Kier alpha value is -2.24. The highest BCUT2D eigenvalue weighted by Gasteiger charge is 2.18. The number of hydrogen-bond acceptors (Lipinski definition) is 9. The lowest BCUT2D eigenvalue weighted by atomic mass is 9.89. The molecule has 286 valence electrons. The van der Waals surface area contributed by atoms with Gasteiger partial charge in [0.05, 0.1) is 0 Å². The number of hydrogen-bond donors (Lipinski definition) is 5. The van der Waals surface area contributed by atoms with E-state index < -0.39 is 23.4 Å². The quantitative estimate of drug-likeness (QED) is 0.0733. The van der Waals surface area contributed by atoms with Crippen LogP contribution in [-0.2, 0) is 14.3 Å². The van der Waals surface area contributed by atoms with Gasteiger partial charge in [0, 0.05) is 25.2 Å². The van der Waals surface area contributed by atoms with E-state index in [2.05, 4.69) is 26.8 Å². The van der Waals surface area contributed by atoms with Crippen LogP contribution in [0.3, 0.4) is 0 Å². The Kier molecular flexibility index (Phi) is 24.3. The fourth-order valence-corrected chi connectivity index (χ4v) is 6.57. The number of ether oxygens (including phenoxy) is 2. The molecule has 0 spiro atoms. The lowest BCUT2D eigenvalue weighted by molar-refractivity contribution is -0.111. The fourth-order valence-electron chi connectivity index (χ4n) is 6.57. The highest BCUT2D eigenvalue weighted by atomic mass is 16.6. The third-order valence-electron chi connectivity index (χ3n) is 9.17. The Morgan fingerprint density at radius 3 is 1.45 bits per heavy atom. The second kappa shape index (κ2) is 26.6. The summed E-state index contributed by atoms with van der Waals surface area (Å²) >= 11 is 0. The second-order valence-electron chi connectivity index (χ2n) is 16.2. The molecule has 4 saturated carbocycles. The summed E-state index contributed by atoms with van der Waals surface area (Å²) in [6, 6.07) is 0. The van der Waals surface area contributed by atoms with E-state index in [0.717, 1.165) is 38.1 Å². The average molecular weight is 695 g/mol. The molecule has 4 aliphatic rings. The van der Waals surface area contributed by atoms with Crippen LogP contribution in [0.1, 0.15) is 170 Å². The molecule has 49 heavy (non-hydrogen) atoms. The monoisotopic (exact) mass is 695 g/mol. The van der Waals surface area contributed by atoms with Gasteiger partial charge in [-0.2, -0.15) is 5.10 Å². The Bertz CT molecular complexity index is 877. The molecule has 0 aliphatic heterocycles. The summed E-state index contributed by atoms with van der Waals surface area (Å²) in [6.07, 6.45) is 28.0. The van der Waals surface area contributed by atoms with Crippen molar-refractivity contribution >= 4 is 24.7 Å². The maximum atomic E-state index is 11.3. The fraction of sp³-hybridized carbons (Fsp3) is 0.895. The number of amides is 2. The van der Waals surface area contributed by atoms with Crippen molar-refractivity contribution in [3.8, 4) is 0 Å². The predicted molar refractivity (Wildman–Crippen MR) is 200 cm³/mol. The molecule has 6 N–H and O–H groups in total. The van der Waals surface area contributed by atoms with Crippen LogP contribution < -0.4 is 27.5 Å². The summed E-state index contributed by atoms with van der Waals surface area (Å²) in [6.45, 7) is 12.9. The van der Waals surface area contributed by atoms with E-state index >= 15 is 0 Å². The second-order valence-corrected chi connectivity index (χ2v) is 16.2. The molecule has 0 aromatic carbocycles. The van der Waals surface area contributed by atoms with Gasteiger partial charge in [0.15, 0.2) is 0 Å². The summed E-state index contributed by atoms with van der Waals surface area (Å²) in [4.78, 5) is 32.7. The molecule has 2 amide bonds. The molecule has 0 heterocycles. The van der Waals surface area contributed by atoms with Crippen LogP contribution in [0.2, 0.25) is 0 Å². The van der Waals surface area contributed by atoms with Crippen molar-refractivity contribution in [1.82, 2.24) is 21.7 Å². The van der Waals surface area contributed by atoms with Crippen LogP contribution in [0.4, 0.5) is 9.59 Å². The van der Waals surface area contributed by atoms with Gasteiger partial charge < -0.3 is 14.3 Å². The SMILES string of the molecule is CC(C)(C)OC(=O)N/N=C/C1CCCCC1.CC(C)(C)OC(=O)NNCC1CCCCC1.NNCC1CCCCC1.O=CC1CCCCC1. The predicted octanol–water partition coefficient (Wildman–Crippen LogP) is 8.47. The topological polar surface area (TPSA) is 156 Å². The number of carbonyl (C=O) groups excluding carboxylic acids is 3. The van der Waals surface area contributed by atoms with Gasteiger partial charge in [0.1, 0.15) is 17.5 Å². The van der Waals surface area contributed by atoms with Gasteiger partial charge >= 0.3 is 12.2 Å². The van der Waals surface area contributed by atoms with Crippen molar-refractivity contribution in [2.75, 3.05) is 13.1 Å². The van der Waals surface area contributed by atoms with Crippen LogP contribution in [0.5, 0.6) is 0 Å². The largest absolute Gasteiger partial charge is 0.443 e. The molecular formula is C38H74N6O5. The van der Waals surface area contributed by atoms with Crippen molar-refractivity contribution < 1.29 is 23.9 Å². The first kappa shape index (κ1) is 44.8. The maximum absolute atomic E-state index is 11.3. The van der Waals surface area contributed by atoms with Crippen molar-refractivity contribution in [3.63, 3.8) is 0 Å². The van der Waals surface area contributed by atoms with Gasteiger partial charge in [-0.05, 0) is 111 Å². The van der Waals surface area contributed by atoms with E-state index in [4.69, 9.17) is 15.3 Å². The normalized spacial score (nSPS) is 19.9. The van der Waals surface area contributed by atoms with Crippen LogP contribution in [-0.4, -0.2) is 49.0 Å². The van der Waals surface area contributed by atoms with E-state index in [1.807, 2.05) is 47.8 Å². The van der Waals surface area contributed by atoms with Crippen LogP contribution in [0.25, 0.3) is 0 Å². The molecule has 0 atom stereocenters. The third kappa shape index (κ3) is 27.2. The minimum Gasteiger partial charge on any atom is -0.443 e. The molecule has 0 aromatic rings. The van der Waals surface area contributed by atoms with Gasteiger partial charge in [0.25, 0.3) is 0 Å². The van der Waals surface area contributed by atoms with Gasteiger partial charge in [-0.3, -0.25) is 16.7 Å². The maximum Gasteiger partial charge on any atom is 0.428 e. The first-order valence-corrected chi connectivity index (χ1v) is 19.4. The molecule has 0 aromatic heterocycles. The van der Waals surface area contributed by atoms with Crippen LogP contribution >= 0.6 is 0 Å². The van der Waals surface area contributed by atoms with Crippen molar-refractivity contribution in [3.05, 3.63) is 0 Å². The van der Waals surface area contributed by atoms with E-state index in [1.54, 1.807) is 0 Å². The molecule has 11 heteroatoms. The lowest BCUT2D eigenvalue weighted by Crippen LogP contribution is -2.43. The summed E-state index contributed by atoms with van der Waals surface area (Å²) < 4.78 is 10.2. The number of nitrogens with one attached hydrogen (secondary N) is 4. The summed E-state index contributed by atoms with van der Waals surface area (Å²) in [5.41, 5.74) is 9.76. The molecular weight excluding hydrogens is 620 g/mol. The molecule has 4 fully saturated rings. The van der Waals surface area contributed by atoms with Crippen LogP contribution in [0.15, 0.2) is 5.10 Å². The van der Waals surface area contributed by atoms with Gasteiger partial charge in [-0.1, -0.05) is 77.0 Å². The number of nitrogens with zero attached hydrogens (tertiary/aromatic N) is 1. The molecule has 0 bridgehead atoms. The van der Waals surface area contributed by atoms with Crippen LogP contribution in [0, 0.1) is 23.7 Å². The highest BCUT2D eigenvalue weighted by molar-refractivity contribution is 5.70. The molecule has 11 nitrogen and oxygen atoms in total. The molecule has 0 saturated heterocycles. The van der Waals surface area contributed by atoms with Gasteiger partial charge in [-0.25, -0.2) is 20.4 Å². The Morgan fingerprint density at radius 2 is 1.04 bits per heavy atom. The number of nitrogens with two attached hydrogens (primary N) is 1. The highest BCUT2D eigenvalue weighted by Crippen LogP contribution is 2.24. The van der Waals surface area contributed by atoms with E-state index in [0.29, 0.717) is 17.8 Å². The zero-order chi connectivity index (χ0) is 36.4. The lowest BCUT2D eigenvalue weighted by Gasteiger charge is -2.23. The van der Waals surface area contributed by atoms with E-state index in [-0.39, 0.29) is 0 Å². The Morgan fingerprint density at radius 1 is 0.633 bits per heavy atom. The summed E-state index contributed by atoms with van der Waals surface area (Å²) in [5, 5.41) is 3.93. The first-order valence-electron chi connectivity index (χ1n) is 19.4. The minimum atomic E-state index is -0.487. The summed E-state index contributed by atoms with van der Waals surface area (Å²) in [5.74, 6) is 7.70. The van der Waals surface area contributed by atoms with E-state index in [9.17, 15) is 14.4 Å². The van der Waals surface area contributed by atoms with Crippen molar-refractivity contribution in [2.24, 2.45) is 34.6 Å². The number of carbonyl (C=O) groups is 3. The first-order chi connectivity index (χ1) is 23.3. The Balaban J connectivity index is 0.000000341. The number of aldehydes is 1. The number of rotatable bonds is 8. The van der Waals surface area contributed by atoms with E-state index in [1.165, 1.54) is 116 Å². The molecule has 4 rings (SSSR count). The molecule has 0 unspecified atom stereocenters. The minimum absolute atomic E-state index is 0.400. The molecule has 0 radical (unpaired) electrons. The average Bonchev–Trinajstić information content (AvgIpc) is 3.06. The number of hydrazone groups is 1. The standard InChI is InChI=1S/C12H24N2O2.C12H22N2O2.C7H16N2.C7H12O/c2*1-12(2,3)16-11(15)14-13-9-10-7-5-4-6-8-10;8-9-6-7-4-2-1-3-5-7;8-6-7-4-2-1-3-5-7/h10,13H,4-9H2,1-3H3,(H,14,15);9-10H,4-8H2,1-3H3,(H,14,15);7,9H,1-6,8H2;6-7H,1-5H2/b;13-9+;;. The Labute approximate surface area is 298 Å². The van der Waals surface area contributed by atoms with Crippen molar-refractivity contribution in [1.29, 1.82) is 0 Å². The van der Waals surface area contributed by atoms with Gasteiger partial charge in [0.2, 0.25) is 0 Å². The smallest absolute Gasteiger partial charge is 0.428 e. The molecule has 4 aliphatic carbocycles. The summed E-state index contributed by atoms with van der Waals surface area (Å²) in [7, 11) is 0.